The zero-order chi connectivity index (χ0) is 32.4. The number of nitrogens with zero attached hydrogens (tertiary/aromatic N) is 1. The predicted octanol–water partition coefficient (Wildman–Crippen LogP) is 8.24. The summed E-state index contributed by atoms with van der Waals surface area (Å²) in [6, 6.07) is 18.1. The van der Waals surface area contributed by atoms with Crippen molar-refractivity contribution in [3.8, 4) is 0 Å². The second-order valence-electron chi connectivity index (χ2n) is 14.9. The van der Waals surface area contributed by atoms with Gasteiger partial charge in [0, 0.05) is 11.8 Å². The van der Waals surface area contributed by atoms with Crippen LogP contribution in [0.25, 0.3) is 0 Å². The fourth-order valence-corrected chi connectivity index (χ4v) is 9.71. The molecular weight excluding hydrogens is 572 g/mol. The number of esters is 1. The maximum atomic E-state index is 13.6. The van der Waals surface area contributed by atoms with Crippen molar-refractivity contribution in [2.75, 3.05) is 0 Å². The molecule has 6 heteroatoms. The molecule has 3 fully saturated rings. The number of carbonyl (C=O) groups is 2. The van der Waals surface area contributed by atoms with Crippen molar-refractivity contribution in [1.82, 2.24) is 5.43 Å². The van der Waals surface area contributed by atoms with Crippen LogP contribution in [0.5, 0.6) is 0 Å². The van der Waals surface area contributed by atoms with E-state index in [4.69, 9.17) is 4.74 Å². The van der Waals surface area contributed by atoms with Crippen LogP contribution in [-0.2, 0) is 19.9 Å². The van der Waals surface area contributed by atoms with Gasteiger partial charge in [0.25, 0.3) is 5.91 Å². The Bertz CT molecular complexity index is 1410. The van der Waals surface area contributed by atoms with E-state index in [1.165, 1.54) is 24.8 Å². The van der Waals surface area contributed by atoms with Crippen LogP contribution in [0.2, 0.25) is 0 Å². The summed E-state index contributed by atoms with van der Waals surface area (Å²) in [7, 11) is 0. The standard InChI is InChI=1S/C40H52N2O4/c1-4-5-6-13-18-36(43)46-35-22-21-33-32-20-19-30-27-31(23-25-38(30,2)34(32)24-26-39(33,35)3)41-42-37(44)40(45,28-14-9-7-10-15-28)29-16-11-8-12-17-29/h7-12,14-17,27,32-35,45H,4-6,13,18-26H2,1-3H3,(H,42,44)/b41-31-. The first-order valence-corrected chi connectivity index (χ1v) is 17.8. The van der Waals surface area contributed by atoms with Gasteiger partial charge in [-0.25, -0.2) is 5.43 Å². The summed E-state index contributed by atoms with van der Waals surface area (Å²) < 4.78 is 6.20. The first-order valence-electron chi connectivity index (χ1n) is 17.8. The first kappa shape index (κ1) is 32.7. The fraction of sp³-hybridized carbons (Fsp3) is 0.575. The highest BCUT2D eigenvalue weighted by molar-refractivity contribution is 5.98. The number of unbranched alkanes of at least 4 members (excludes halogenated alkanes) is 3. The lowest BCUT2D eigenvalue weighted by atomic mass is 9.47. The number of rotatable bonds is 10. The van der Waals surface area contributed by atoms with Gasteiger partial charge in [-0.3, -0.25) is 9.59 Å². The van der Waals surface area contributed by atoms with Gasteiger partial charge in [-0.05, 0) is 98.2 Å². The molecular formula is C40H52N2O4. The molecule has 6 nitrogen and oxygen atoms in total. The van der Waals surface area contributed by atoms with Crippen molar-refractivity contribution in [3.05, 3.63) is 83.4 Å². The number of fused-ring (bicyclic) bond motifs is 5. The molecule has 0 aliphatic heterocycles. The highest BCUT2D eigenvalue weighted by Crippen LogP contribution is 2.65. The van der Waals surface area contributed by atoms with Gasteiger partial charge in [0.2, 0.25) is 0 Å². The minimum atomic E-state index is -1.85. The quantitative estimate of drug-likeness (QED) is 0.158. The molecule has 4 aliphatic rings. The maximum absolute atomic E-state index is 13.6. The van der Waals surface area contributed by atoms with E-state index in [2.05, 4.69) is 37.4 Å². The van der Waals surface area contributed by atoms with Crippen molar-refractivity contribution in [1.29, 1.82) is 0 Å². The summed E-state index contributed by atoms with van der Waals surface area (Å²) in [5.41, 5.74) is 4.43. The van der Waals surface area contributed by atoms with E-state index < -0.39 is 11.5 Å². The average Bonchev–Trinajstić information content (AvgIpc) is 3.41. The Kier molecular flexibility index (Phi) is 9.57. The molecule has 4 aliphatic carbocycles. The van der Waals surface area contributed by atoms with E-state index in [9.17, 15) is 14.7 Å². The zero-order valence-corrected chi connectivity index (χ0v) is 28.0. The lowest BCUT2D eigenvalue weighted by Crippen LogP contribution is -2.51. The van der Waals surface area contributed by atoms with Crippen molar-refractivity contribution >= 4 is 17.6 Å². The highest BCUT2D eigenvalue weighted by atomic mass is 16.5. The van der Waals surface area contributed by atoms with Crippen LogP contribution in [0.1, 0.15) is 115 Å². The smallest absolute Gasteiger partial charge is 0.306 e. The predicted molar refractivity (Wildman–Crippen MR) is 182 cm³/mol. The molecule has 3 saturated carbocycles. The van der Waals surface area contributed by atoms with E-state index in [0.29, 0.717) is 35.3 Å². The molecule has 0 aromatic heterocycles. The van der Waals surface area contributed by atoms with Crippen molar-refractivity contribution in [2.24, 2.45) is 33.7 Å². The number of allylic oxidation sites excluding steroid dienone is 2. The molecule has 6 rings (SSSR count). The summed E-state index contributed by atoms with van der Waals surface area (Å²) in [6.45, 7) is 7.06. The number of hydrogen-bond acceptors (Lipinski definition) is 5. The zero-order valence-electron chi connectivity index (χ0n) is 28.0. The molecule has 46 heavy (non-hydrogen) atoms. The molecule has 2 N–H and O–H groups in total. The molecule has 1 amide bonds. The molecule has 0 bridgehead atoms. The Morgan fingerprint density at radius 3 is 2.26 bits per heavy atom. The van der Waals surface area contributed by atoms with Crippen molar-refractivity contribution in [2.45, 2.75) is 116 Å². The molecule has 2 aromatic carbocycles. The summed E-state index contributed by atoms with van der Waals surface area (Å²) in [6.07, 6.45) is 15.7. The lowest BCUT2D eigenvalue weighted by Gasteiger charge is -2.58. The molecule has 246 valence electrons. The first-order chi connectivity index (χ1) is 22.2. The van der Waals surface area contributed by atoms with Crippen LogP contribution in [0.4, 0.5) is 0 Å². The summed E-state index contributed by atoms with van der Waals surface area (Å²) >= 11 is 0. The Balaban J connectivity index is 1.14. The number of nitrogens with one attached hydrogen (secondary N) is 1. The number of aliphatic hydroxyl groups is 1. The van der Waals surface area contributed by atoms with Gasteiger partial charge >= 0.3 is 5.97 Å². The van der Waals surface area contributed by atoms with Gasteiger partial charge in [0.15, 0.2) is 5.60 Å². The molecule has 0 heterocycles. The third kappa shape index (κ3) is 5.98. The van der Waals surface area contributed by atoms with E-state index >= 15 is 0 Å². The minimum absolute atomic E-state index is 0.00286. The van der Waals surface area contributed by atoms with E-state index in [0.717, 1.165) is 63.5 Å². The third-order valence-corrected chi connectivity index (χ3v) is 12.4. The Labute approximate surface area is 275 Å². The van der Waals surface area contributed by atoms with Crippen LogP contribution in [0.3, 0.4) is 0 Å². The van der Waals surface area contributed by atoms with Gasteiger partial charge in [0.05, 0.1) is 5.71 Å². The molecule has 6 atom stereocenters. The number of ether oxygens (including phenoxy) is 1. The number of amides is 1. The van der Waals surface area contributed by atoms with Crippen LogP contribution < -0.4 is 5.43 Å². The molecule has 6 unspecified atom stereocenters. The van der Waals surface area contributed by atoms with Gasteiger partial charge in [-0.1, -0.05) is 106 Å². The maximum Gasteiger partial charge on any atom is 0.306 e. The van der Waals surface area contributed by atoms with E-state index in [1.807, 2.05) is 36.4 Å². The highest BCUT2D eigenvalue weighted by Gasteiger charge is 2.60. The molecule has 0 radical (unpaired) electrons. The Morgan fingerprint density at radius 2 is 1.59 bits per heavy atom. The van der Waals surface area contributed by atoms with Crippen LogP contribution in [0, 0.1) is 28.6 Å². The van der Waals surface area contributed by atoms with Crippen molar-refractivity contribution in [3.63, 3.8) is 0 Å². The Hall–Kier alpha value is -3.25. The van der Waals surface area contributed by atoms with Crippen LogP contribution in [-0.4, -0.2) is 28.8 Å². The van der Waals surface area contributed by atoms with Gasteiger partial charge in [0.1, 0.15) is 6.10 Å². The summed E-state index contributed by atoms with van der Waals surface area (Å²) in [5, 5.41) is 16.4. The van der Waals surface area contributed by atoms with Gasteiger partial charge in [-0.15, -0.1) is 0 Å². The Morgan fingerprint density at radius 1 is 0.891 bits per heavy atom. The second-order valence-corrected chi connectivity index (χ2v) is 14.9. The number of hydrogen-bond donors (Lipinski definition) is 2. The lowest BCUT2D eigenvalue weighted by molar-refractivity contribution is -0.160. The minimum Gasteiger partial charge on any atom is -0.462 e. The van der Waals surface area contributed by atoms with Gasteiger partial charge in [-0.2, -0.15) is 5.10 Å². The molecule has 0 spiro atoms. The fourth-order valence-electron chi connectivity index (χ4n) is 9.71. The normalized spacial score (nSPS) is 31.3. The monoisotopic (exact) mass is 624 g/mol. The van der Waals surface area contributed by atoms with Gasteiger partial charge < -0.3 is 9.84 Å². The topological polar surface area (TPSA) is 88.0 Å². The number of carbonyl (C=O) groups excluding carboxylic acids is 2. The van der Waals surface area contributed by atoms with E-state index in [1.54, 1.807) is 24.3 Å². The van der Waals surface area contributed by atoms with Crippen LogP contribution in [0.15, 0.2) is 77.4 Å². The van der Waals surface area contributed by atoms with Crippen molar-refractivity contribution < 1.29 is 19.4 Å². The third-order valence-electron chi connectivity index (χ3n) is 12.4. The summed E-state index contributed by atoms with van der Waals surface area (Å²) in [4.78, 5) is 26.4. The SMILES string of the molecule is CCCCCCC(=O)OC1CCC2C3CCC4=C/C(=N\NC(=O)C(O)(c5ccccc5)c5ccccc5)CCC4(C)C3CCC12C. The van der Waals surface area contributed by atoms with E-state index in [-0.39, 0.29) is 22.9 Å². The average molecular weight is 625 g/mol. The second kappa shape index (κ2) is 13.5. The number of hydrazone groups is 1. The number of benzene rings is 2. The van der Waals surface area contributed by atoms with Crippen LogP contribution >= 0.6 is 0 Å². The molecule has 0 saturated heterocycles. The summed E-state index contributed by atoms with van der Waals surface area (Å²) in [5.74, 6) is 1.32. The largest absolute Gasteiger partial charge is 0.462 e. The molecule has 2 aromatic rings.